The fraction of sp³-hybridized carbons (Fsp3) is 0.462. The van der Waals surface area contributed by atoms with E-state index in [0.717, 1.165) is 0 Å². The summed E-state index contributed by atoms with van der Waals surface area (Å²) in [6, 6.07) is 12.5. The van der Waals surface area contributed by atoms with Crippen LogP contribution >= 0.6 is 23.2 Å². The molecule has 0 fully saturated rings. The first-order chi connectivity index (χ1) is 16.8. The van der Waals surface area contributed by atoms with E-state index in [-0.39, 0.29) is 42.6 Å². The highest BCUT2D eigenvalue weighted by atomic mass is 35.5. The Morgan fingerprint density at radius 3 is 2.11 bits per heavy atom. The molecule has 2 rings (SSSR count). The third-order valence-corrected chi connectivity index (χ3v) is 8.17. The summed E-state index contributed by atoms with van der Waals surface area (Å²) in [6.07, 6.45) is 0.722. The molecule has 0 spiro atoms. The zero-order valence-electron chi connectivity index (χ0n) is 21.4. The molecule has 0 heterocycles. The zero-order valence-corrected chi connectivity index (χ0v) is 23.8. The minimum absolute atomic E-state index is 0.0516. The Morgan fingerprint density at radius 2 is 1.58 bits per heavy atom. The van der Waals surface area contributed by atoms with Gasteiger partial charge in [-0.05, 0) is 57.9 Å². The van der Waals surface area contributed by atoms with Gasteiger partial charge in [0.1, 0.15) is 6.04 Å². The number of rotatable bonds is 11. The topological polar surface area (TPSA) is 86.8 Å². The molecular formula is C26H35Cl2N3O4S. The van der Waals surface area contributed by atoms with Gasteiger partial charge in [-0.25, -0.2) is 12.7 Å². The minimum Gasteiger partial charge on any atom is -0.350 e. The van der Waals surface area contributed by atoms with Gasteiger partial charge >= 0.3 is 0 Å². The lowest BCUT2D eigenvalue weighted by molar-refractivity contribution is -0.142. The summed E-state index contributed by atoms with van der Waals surface area (Å²) in [7, 11) is -2.18. The Balaban J connectivity index is 2.21. The van der Waals surface area contributed by atoms with Crippen molar-refractivity contribution in [3.63, 3.8) is 0 Å². The van der Waals surface area contributed by atoms with E-state index in [1.54, 1.807) is 36.4 Å². The van der Waals surface area contributed by atoms with Crippen molar-refractivity contribution in [3.8, 4) is 0 Å². The lowest BCUT2D eigenvalue weighted by Gasteiger charge is -2.33. The standard InChI is InChI=1S/C26H35Cl2N3O4S/c1-6-23(25(33)29-26(2,3)4)31(18-20-21(27)14-10-15-22(20)28)24(32)16-11-17-30(5)36(34,35)19-12-8-7-9-13-19/h7-10,12-15,23H,6,11,16-18H2,1-5H3,(H,29,33)/t23-/m1/s1. The first-order valence-electron chi connectivity index (χ1n) is 11.8. The molecule has 1 N–H and O–H groups in total. The molecule has 2 amide bonds. The Labute approximate surface area is 224 Å². The molecule has 10 heteroatoms. The van der Waals surface area contributed by atoms with Crippen molar-refractivity contribution < 1.29 is 18.0 Å². The van der Waals surface area contributed by atoms with Crippen molar-refractivity contribution in [3.05, 3.63) is 64.1 Å². The fourth-order valence-corrected chi connectivity index (χ4v) is 5.46. The number of sulfonamides is 1. The number of carbonyl (C=O) groups is 2. The van der Waals surface area contributed by atoms with E-state index in [2.05, 4.69) is 5.32 Å². The van der Waals surface area contributed by atoms with Gasteiger partial charge in [0.2, 0.25) is 21.8 Å². The molecule has 7 nitrogen and oxygen atoms in total. The van der Waals surface area contributed by atoms with Crippen molar-refractivity contribution in [2.75, 3.05) is 13.6 Å². The maximum Gasteiger partial charge on any atom is 0.243 e. The third kappa shape index (κ3) is 8.20. The largest absolute Gasteiger partial charge is 0.350 e. The van der Waals surface area contributed by atoms with Gasteiger partial charge in [-0.3, -0.25) is 9.59 Å². The summed E-state index contributed by atoms with van der Waals surface area (Å²) < 4.78 is 26.8. The van der Waals surface area contributed by atoms with E-state index in [4.69, 9.17) is 23.2 Å². The first kappa shape index (κ1) is 30.1. The molecule has 0 aliphatic heterocycles. The van der Waals surface area contributed by atoms with E-state index in [9.17, 15) is 18.0 Å². The minimum atomic E-state index is -3.66. The summed E-state index contributed by atoms with van der Waals surface area (Å²) in [5.41, 5.74) is 0.0791. The molecular weight excluding hydrogens is 521 g/mol. The molecule has 0 saturated heterocycles. The molecule has 0 bridgehead atoms. The van der Waals surface area contributed by atoms with Crippen LogP contribution in [0.1, 0.15) is 52.5 Å². The van der Waals surface area contributed by atoms with Gasteiger partial charge < -0.3 is 10.2 Å². The van der Waals surface area contributed by atoms with Crippen molar-refractivity contribution in [1.29, 1.82) is 0 Å². The zero-order chi connectivity index (χ0) is 27.1. The quantitative estimate of drug-likeness (QED) is 0.417. The predicted octanol–water partition coefficient (Wildman–Crippen LogP) is 5.12. The number of halogens is 2. The molecule has 0 aliphatic carbocycles. The number of hydrogen-bond donors (Lipinski definition) is 1. The maximum atomic E-state index is 13.4. The summed E-state index contributed by atoms with van der Waals surface area (Å²) in [6.45, 7) is 7.66. The van der Waals surface area contributed by atoms with Gasteiger partial charge in [0.25, 0.3) is 0 Å². The molecule has 0 unspecified atom stereocenters. The number of hydrogen-bond acceptors (Lipinski definition) is 4. The van der Waals surface area contributed by atoms with Crippen LogP contribution in [0.4, 0.5) is 0 Å². The van der Waals surface area contributed by atoms with Gasteiger partial charge in [0, 0.05) is 47.7 Å². The van der Waals surface area contributed by atoms with Gasteiger partial charge in [0.15, 0.2) is 0 Å². The SMILES string of the molecule is CC[C@H](C(=O)NC(C)(C)C)N(Cc1c(Cl)cccc1Cl)C(=O)CCCN(C)S(=O)(=O)c1ccccc1. The molecule has 198 valence electrons. The van der Waals surface area contributed by atoms with Crippen molar-refractivity contribution in [1.82, 2.24) is 14.5 Å². The third-order valence-electron chi connectivity index (χ3n) is 5.59. The lowest BCUT2D eigenvalue weighted by Crippen LogP contribution is -2.53. The second kappa shape index (κ2) is 12.9. The van der Waals surface area contributed by atoms with E-state index in [0.29, 0.717) is 22.0 Å². The lowest BCUT2D eigenvalue weighted by atomic mass is 10.0. The van der Waals surface area contributed by atoms with E-state index < -0.39 is 21.6 Å². The van der Waals surface area contributed by atoms with Crippen molar-refractivity contribution >= 4 is 45.0 Å². The molecule has 0 aromatic heterocycles. The van der Waals surface area contributed by atoms with E-state index >= 15 is 0 Å². The predicted molar refractivity (Wildman–Crippen MR) is 144 cm³/mol. The number of amides is 2. The molecule has 0 aliphatic rings. The highest BCUT2D eigenvalue weighted by Crippen LogP contribution is 2.27. The molecule has 2 aromatic carbocycles. The van der Waals surface area contributed by atoms with Gasteiger partial charge in [-0.1, -0.05) is 54.4 Å². The summed E-state index contributed by atoms with van der Waals surface area (Å²) in [5, 5.41) is 3.75. The van der Waals surface area contributed by atoms with Crippen LogP contribution in [0.3, 0.4) is 0 Å². The molecule has 1 atom stereocenters. The van der Waals surface area contributed by atoms with Gasteiger partial charge in [-0.2, -0.15) is 0 Å². The molecule has 2 aromatic rings. The molecule has 0 radical (unpaired) electrons. The van der Waals surface area contributed by atoms with Crippen LogP contribution in [0.25, 0.3) is 0 Å². The number of carbonyl (C=O) groups excluding carboxylic acids is 2. The molecule has 36 heavy (non-hydrogen) atoms. The average Bonchev–Trinajstić information content (AvgIpc) is 2.80. The number of nitrogens with zero attached hydrogens (tertiary/aromatic N) is 2. The second-order valence-corrected chi connectivity index (χ2v) is 12.5. The Hall–Kier alpha value is -2.13. The Morgan fingerprint density at radius 1 is 1.00 bits per heavy atom. The van der Waals surface area contributed by atoms with Crippen molar-refractivity contribution in [2.45, 2.75) is 70.0 Å². The van der Waals surface area contributed by atoms with Crippen LogP contribution in [0, 0.1) is 0 Å². The Kier molecular flexibility index (Phi) is 10.8. The number of nitrogens with one attached hydrogen (secondary N) is 1. The summed E-state index contributed by atoms with van der Waals surface area (Å²) in [5.74, 6) is -0.558. The maximum absolute atomic E-state index is 13.4. The highest BCUT2D eigenvalue weighted by Gasteiger charge is 2.31. The monoisotopic (exact) mass is 555 g/mol. The fourth-order valence-electron chi connectivity index (χ4n) is 3.72. The van der Waals surface area contributed by atoms with E-state index in [1.807, 2.05) is 27.7 Å². The van der Waals surface area contributed by atoms with Crippen LogP contribution < -0.4 is 5.32 Å². The van der Waals surface area contributed by atoms with Crippen LogP contribution in [-0.2, 0) is 26.2 Å². The summed E-state index contributed by atoms with van der Waals surface area (Å²) in [4.78, 5) is 28.2. The van der Waals surface area contributed by atoms with Gasteiger partial charge in [-0.15, -0.1) is 0 Å². The van der Waals surface area contributed by atoms with Gasteiger partial charge in [0.05, 0.1) is 4.90 Å². The second-order valence-electron chi connectivity index (χ2n) is 9.63. The first-order valence-corrected chi connectivity index (χ1v) is 14.0. The average molecular weight is 557 g/mol. The van der Waals surface area contributed by atoms with Crippen LogP contribution in [-0.4, -0.2) is 54.6 Å². The van der Waals surface area contributed by atoms with Crippen LogP contribution in [0.2, 0.25) is 10.0 Å². The highest BCUT2D eigenvalue weighted by molar-refractivity contribution is 7.89. The smallest absolute Gasteiger partial charge is 0.243 e. The normalized spacial score (nSPS) is 12.9. The van der Waals surface area contributed by atoms with Crippen LogP contribution in [0.15, 0.2) is 53.4 Å². The van der Waals surface area contributed by atoms with E-state index in [1.165, 1.54) is 28.4 Å². The van der Waals surface area contributed by atoms with Crippen LogP contribution in [0.5, 0.6) is 0 Å². The number of benzene rings is 2. The summed E-state index contributed by atoms with van der Waals surface area (Å²) >= 11 is 12.7. The van der Waals surface area contributed by atoms with Crippen molar-refractivity contribution in [2.24, 2.45) is 0 Å². The molecule has 0 saturated carbocycles. The Bertz CT molecular complexity index is 1130.